The van der Waals surface area contributed by atoms with Crippen LogP contribution in [0.3, 0.4) is 0 Å². The van der Waals surface area contributed by atoms with Crippen molar-refractivity contribution < 1.29 is 18.9 Å². The zero-order valence-electron chi connectivity index (χ0n) is 17.8. The molecule has 4 amide bonds. The molecule has 3 aromatic rings. The predicted octanol–water partition coefficient (Wildman–Crippen LogP) is 2.44. The third-order valence-corrected chi connectivity index (χ3v) is 6.42. The van der Waals surface area contributed by atoms with Crippen LogP contribution in [0.4, 0.5) is 10.5 Å². The van der Waals surface area contributed by atoms with Gasteiger partial charge in [-0.2, -0.15) is 4.90 Å². The van der Waals surface area contributed by atoms with Gasteiger partial charge >= 0.3 is 11.9 Å². The molecule has 1 aliphatic rings. The lowest BCUT2D eigenvalue weighted by atomic mass is 9.88. The minimum atomic E-state index is -1.34. The lowest BCUT2D eigenvalue weighted by Crippen LogP contribution is -2.61. The summed E-state index contributed by atoms with van der Waals surface area (Å²) in [6, 6.07) is 18.9. The Morgan fingerprint density at radius 1 is 1.00 bits per heavy atom. The zero-order chi connectivity index (χ0) is 23.3. The van der Waals surface area contributed by atoms with Gasteiger partial charge < -0.3 is 11.5 Å². The Morgan fingerprint density at radius 2 is 1.66 bits per heavy atom. The molecule has 0 aromatic heterocycles. The van der Waals surface area contributed by atoms with Crippen LogP contribution in [0.15, 0.2) is 66.7 Å². The van der Waals surface area contributed by atoms with Gasteiger partial charge in [-0.1, -0.05) is 48.5 Å². The fourth-order valence-electron chi connectivity index (χ4n) is 4.40. The monoisotopic (exact) mass is 430 g/mol. The standard InChI is InChI=1S/C24H23N5O3/c1-24(18-6-4-3-5-7-18)22(31)28(23(32)29(24,2)14-20(25)30)19-11-10-15-8-9-16(21(26)27)12-17(15)13-19/h3-13H,14H2,1-2H3,(H4-,25,26,27,30)/p+1. The topological polar surface area (TPSA) is 130 Å². The van der Waals surface area contributed by atoms with Gasteiger partial charge in [0.1, 0.15) is 5.84 Å². The number of hydrogen-bond acceptors (Lipinski definition) is 4. The number of carbonyl (C=O) groups excluding carboxylic acids is 3. The molecule has 0 radical (unpaired) electrons. The van der Waals surface area contributed by atoms with Crippen molar-refractivity contribution in [3.8, 4) is 0 Å². The average molecular weight is 430 g/mol. The van der Waals surface area contributed by atoms with Crippen LogP contribution >= 0.6 is 0 Å². The van der Waals surface area contributed by atoms with E-state index in [2.05, 4.69) is 0 Å². The first-order valence-corrected chi connectivity index (χ1v) is 10.1. The third-order valence-electron chi connectivity index (χ3n) is 6.42. The highest BCUT2D eigenvalue weighted by atomic mass is 16.2. The van der Waals surface area contributed by atoms with E-state index in [-0.39, 0.29) is 12.4 Å². The van der Waals surface area contributed by atoms with Crippen molar-refractivity contribution in [1.82, 2.24) is 0 Å². The van der Waals surface area contributed by atoms with Gasteiger partial charge in [0, 0.05) is 18.1 Å². The first-order valence-electron chi connectivity index (χ1n) is 10.1. The molecule has 1 saturated heterocycles. The predicted molar refractivity (Wildman–Crippen MR) is 122 cm³/mol. The Kier molecular flexibility index (Phi) is 4.82. The number of primary amides is 1. The van der Waals surface area contributed by atoms with Gasteiger partial charge in [-0.3, -0.25) is 15.0 Å². The summed E-state index contributed by atoms with van der Waals surface area (Å²) in [5.74, 6) is -1.20. The molecule has 0 spiro atoms. The molecule has 4 rings (SSSR count). The second kappa shape index (κ2) is 7.28. The van der Waals surface area contributed by atoms with Crippen molar-refractivity contribution >= 4 is 40.1 Å². The molecule has 0 aliphatic carbocycles. The van der Waals surface area contributed by atoms with Crippen LogP contribution in [-0.4, -0.2) is 41.8 Å². The number of nitrogens with zero attached hydrogens (tertiary/aromatic N) is 2. The summed E-state index contributed by atoms with van der Waals surface area (Å²) < 4.78 is -0.503. The first-order chi connectivity index (χ1) is 15.1. The van der Waals surface area contributed by atoms with E-state index in [4.69, 9.17) is 16.9 Å². The maximum Gasteiger partial charge on any atom is 0.432 e. The summed E-state index contributed by atoms with van der Waals surface area (Å²) in [7, 11) is 1.56. The average Bonchev–Trinajstić information content (AvgIpc) is 2.91. The van der Waals surface area contributed by atoms with E-state index in [0.29, 0.717) is 16.8 Å². The lowest BCUT2D eigenvalue weighted by Gasteiger charge is -2.37. The number of amides is 4. The van der Waals surface area contributed by atoms with Gasteiger partial charge in [0.25, 0.3) is 5.91 Å². The maximum absolute atomic E-state index is 13.8. The van der Waals surface area contributed by atoms with Gasteiger partial charge in [0.05, 0.1) is 12.7 Å². The molecule has 3 aromatic carbocycles. The number of benzene rings is 3. The Balaban J connectivity index is 1.90. The summed E-state index contributed by atoms with van der Waals surface area (Å²) in [6.45, 7) is 1.34. The summed E-state index contributed by atoms with van der Waals surface area (Å²) >= 11 is 0. The fraction of sp³-hybridized carbons (Fsp3) is 0.167. The molecule has 1 fully saturated rings. The van der Waals surface area contributed by atoms with Gasteiger partial charge in [-0.15, -0.1) is 0 Å². The van der Waals surface area contributed by atoms with Crippen LogP contribution in [0.25, 0.3) is 10.8 Å². The fourth-order valence-corrected chi connectivity index (χ4v) is 4.40. The number of nitrogen functional groups attached to an aromatic ring is 1. The van der Waals surface area contributed by atoms with Crippen LogP contribution < -0.4 is 16.4 Å². The number of urea groups is 1. The lowest BCUT2D eigenvalue weighted by molar-refractivity contribution is -0.864. The van der Waals surface area contributed by atoms with Crippen LogP contribution in [0, 0.1) is 5.41 Å². The zero-order valence-corrected chi connectivity index (χ0v) is 17.8. The number of fused-ring (bicyclic) bond motifs is 1. The van der Waals surface area contributed by atoms with Crippen molar-refractivity contribution in [3.63, 3.8) is 0 Å². The normalized spacial score (nSPS) is 23.0. The van der Waals surface area contributed by atoms with E-state index in [1.54, 1.807) is 68.6 Å². The molecular weight excluding hydrogens is 406 g/mol. The first kappa shape index (κ1) is 21.2. The highest BCUT2D eigenvalue weighted by Crippen LogP contribution is 2.44. The molecule has 5 N–H and O–H groups in total. The number of hydrogen-bond donors (Lipinski definition) is 3. The molecule has 2 unspecified atom stereocenters. The molecule has 32 heavy (non-hydrogen) atoms. The number of likely N-dealkylation sites (N-methyl/N-ethyl adjacent to an activating group) is 1. The van der Waals surface area contributed by atoms with Crippen LogP contribution in [0.5, 0.6) is 0 Å². The van der Waals surface area contributed by atoms with Crippen LogP contribution in [-0.2, 0) is 15.1 Å². The highest BCUT2D eigenvalue weighted by Gasteiger charge is 2.68. The van der Waals surface area contributed by atoms with Crippen LogP contribution in [0.1, 0.15) is 18.1 Å². The second-order valence-corrected chi connectivity index (χ2v) is 8.34. The van der Waals surface area contributed by atoms with Crippen LogP contribution in [0.2, 0.25) is 0 Å². The minimum absolute atomic E-state index is 0.0759. The van der Waals surface area contributed by atoms with Crippen molar-refractivity contribution in [3.05, 3.63) is 77.9 Å². The van der Waals surface area contributed by atoms with Crippen molar-refractivity contribution in [2.75, 3.05) is 18.5 Å². The van der Waals surface area contributed by atoms with E-state index in [0.717, 1.165) is 15.7 Å². The molecule has 8 nitrogen and oxygen atoms in total. The number of imide groups is 1. The van der Waals surface area contributed by atoms with Gasteiger partial charge in [0.15, 0.2) is 6.54 Å². The van der Waals surface area contributed by atoms with Gasteiger partial charge in [0.2, 0.25) is 5.54 Å². The summed E-state index contributed by atoms with van der Waals surface area (Å²) in [5, 5.41) is 9.28. The van der Waals surface area contributed by atoms with E-state index < -0.39 is 27.9 Å². The van der Waals surface area contributed by atoms with Crippen molar-refractivity contribution in [2.45, 2.75) is 12.5 Å². The van der Waals surface area contributed by atoms with Crippen molar-refractivity contribution in [2.24, 2.45) is 11.5 Å². The number of carbonyl (C=O) groups is 3. The third kappa shape index (κ3) is 2.96. The quantitative estimate of drug-likeness (QED) is 0.248. The number of nitrogens with one attached hydrogen (secondary N) is 1. The van der Waals surface area contributed by atoms with Gasteiger partial charge in [-0.05, 0) is 29.0 Å². The Morgan fingerprint density at radius 3 is 2.28 bits per heavy atom. The van der Waals surface area contributed by atoms with E-state index in [1.165, 1.54) is 0 Å². The van der Waals surface area contributed by atoms with E-state index >= 15 is 0 Å². The molecule has 162 valence electrons. The molecule has 0 saturated carbocycles. The largest absolute Gasteiger partial charge is 0.432 e. The Hall–Kier alpha value is -4.04. The molecule has 8 heteroatoms. The number of nitrogens with two attached hydrogens (primary N) is 2. The molecular formula is C24H24N5O3+. The van der Waals surface area contributed by atoms with E-state index in [1.807, 2.05) is 12.1 Å². The molecule has 0 bridgehead atoms. The molecule has 2 atom stereocenters. The number of rotatable bonds is 5. The SMILES string of the molecule is CC1(c2ccccc2)C(=O)N(c2ccc3ccc(C(=N)N)cc3c2)C(=O)[N+]1(C)CC(N)=O. The summed E-state index contributed by atoms with van der Waals surface area (Å²) in [5.41, 5.74) is 11.3. The number of anilines is 1. The van der Waals surface area contributed by atoms with E-state index in [9.17, 15) is 14.4 Å². The highest BCUT2D eigenvalue weighted by molar-refractivity contribution is 6.20. The van der Waals surface area contributed by atoms with Gasteiger partial charge in [-0.25, -0.2) is 9.28 Å². The summed E-state index contributed by atoms with van der Waals surface area (Å²) in [6.07, 6.45) is 0. The number of amidine groups is 1. The minimum Gasteiger partial charge on any atom is -0.384 e. The molecule has 1 heterocycles. The summed E-state index contributed by atoms with van der Waals surface area (Å²) in [4.78, 5) is 40.6. The Labute approximate surface area is 185 Å². The van der Waals surface area contributed by atoms with Crippen molar-refractivity contribution in [1.29, 1.82) is 5.41 Å². The molecule has 1 aliphatic heterocycles. The second-order valence-electron chi connectivity index (χ2n) is 8.34. The maximum atomic E-state index is 13.8. The Bertz CT molecular complexity index is 1290. The number of quaternary nitrogens is 1. The smallest absolute Gasteiger partial charge is 0.384 e.